The molecule has 0 saturated heterocycles. The SMILES string of the molecule is C[SiH](C)[N]([Ti+2][CH]1C=C2C(C1)c1ccccc1N2c1ccccc1)C(C)(C)C.[Cl-].[Cl-]. The molecule has 2 nitrogen and oxygen atoms in total. The molecule has 0 spiro atoms. The van der Waals surface area contributed by atoms with Crippen LogP contribution in [0.4, 0.5) is 11.4 Å². The Labute approximate surface area is 199 Å². The fourth-order valence-electron chi connectivity index (χ4n) is 4.66. The molecule has 0 saturated carbocycles. The smallest absolute Gasteiger partial charge is 1.00 e. The number of halogens is 2. The van der Waals surface area contributed by atoms with Crippen molar-refractivity contribution in [2.75, 3.05) is 4.90 Å². The molecule has 0 N–H and O–H groups in total. The molecule has 0 aromatic heterocycles. The summed E-state index contributed by atoms with van der Waals surface area (Å²) in [5.41, 5.74) is 6.03. The molecule has 0 fully saturated rings. The first-order valence-electron chi connectivity index (χ1n) is 10.1. The summed E-state index contributed by atoms with van der Waals surface area (Å²) in [4.78, 5) is 2.51. The van der Waals surface area contributed by atoms with Crippen molar-refractivity contribution in [2.24, 2.45) is 0 Å². The maximum absolute atomic E-state index is 2.91. The zero-order chi connectivity index (χ0) is 19.2. The first-order chi connectivity index (χ1) is 12.9. The van der Waals surface area contributed by atoms with E-state index in [9.17, 15) is 0 Å². The molecular weight excluding hydrogens is 451 g/mol. The molecule has 29 heavy (non-hydrogen) atoms. The van der Waals surface area contributed by atoms with Crippen LogP contribution in [0.3, 0.4) is 0 Å². The number of anilines is 2. The van der Waals surface area contributed by atoms with E-state index < -0.39 is 8.96 Å². The number of hydrogen-bond donors (Lipinski definition) is 0. The van der Waals surface area contributed by atoms with Gasteiger partial charge >= 0.3 is 176 Å². The van der Waals surface area contributed by atoms with Crippen LogP contribution in [0, 0.1) is 0 Å². The Morgan fingerprint density at radius 2 is 1.59 bits per heavy atom. The van der Waals surface area contributed by atoms with E-state index in [1.54, 1.807) is 0 Å². The van der Waals surface area contributed by atoms with Gasteiger partial charge in [-0.2, -0.15) is 0 Å². The molecule has 4 rings (SSSR count). The normalized spacial score (nSPS) is 19.8. The van der Waals surface area contributed by atoms with Gasteiger partial charge in [-0.05, 0) is 0 Å². The second kappa shape index (κ2) is 9.72. The Hall–Kier alpha value is -0.549. The van der Waals surface area contributed by atoms with Gasteiger partial charge < -0.3 is 24.8 Å². The van der Waals surface area contributed by atoms with E-state index in [2.05, 4.69) is 102 Å². The predicted octanol–water partition coefficient (Wildman–Crippen LogP) is 0.0874. The molecule has 6 heteroatoms. The Balaban J connectivity index is 0.00000150. The number of benzene rings is 2. The van der Waals surface area contributed by atoms with Crippen LogP contribution in [-0.2, 0) is 19.4 Å². The molecule has 2 aromatic carbocycles. The van der Waals surface area contributed by atoms with Crippen molar-refractivity contribution in [1.29, 1.82) is 0 Å². The maximum Gasteiger partial charge on any atom is -1.00 e. The Morgan fingerprint density at radius 3 is 2.21 bits per heavy atom. The molecule has 0 amide bonds. The third kappa shape index (κ3) is 4.87. The van der Waals surface area contributed by atoms with Crippen molar-refractivity contribution in [2.45, 2.75) is 56.0 Å². The Kier molecular flexibility index (Phi) is 8.29. The summed E-state index contributed by atoms with van der Waals surface area (Å²) in [6.45, 7) is 12.2. The Bertz CT molecular complexity index is 851. The summed E-state index contributed by atoms with van der Waals surface area (Å²) >= 11 is -0.150. The molecule has 154 valence electrons. The van der Waals surface area contributed by atoms with Gasteiger partial charge in [-0.25, -0.2) is 0 Å². The summed E-state index contributed by atoms with van der Waals surface area (Å²) in [6.07, 6.45) is 3.93. The average Bonchev–Trinajstić information content (AvgIpc) is 3.15. The summed E-state index contributed by atoms with van der Waals surface area (Å²) in [5.74, 6) is 0.575. The molecule has 1 aliphatic heterocycles. The van der Waals surface area contributed by atoms with Crippen molar-refractivity contribution in [1.82, 2.24) is 3.05 Å². The van der Waals surface area contributed by atoms with Gasteiger partial charge in [0.15, 0.2) is 0 Å². The van der Waals surface area contributed by atoms with Crippen molar-refractivity contribution >= 4 is 20.3 Å². The topological polar surface area (TPSA) is 6.48 Å². The first kappa shape index (κ1) is 24.7. The minimum absolute atomic E-state index is 0. The summed E-state index contributed by atoms with van der Waals surface area (Å²) in [6, 6.07) is 19.9. The third-order valence-corrected chi connectivity index (χ3v) is 13.1. The van der Waals surface area contributed by atoms with E-state index in [4.69, 9.17) is 0 Å². The molecule has 2 atom stereocenters. The van der Waals surface area contributed by atoms with E-state index in [1.807, 2.05) is 0 Å². The minimum Gasteiger partial charge on any atom is -1.00 e. The van der Waals surface area contributed by atoms with Crippen LogP contribution in [0.2, 0.25) is 17.3 Å². The molecule has 0 bridgehead atoms. The van der Waals surface area contributed by atoms with Crippen LogP contribution in [0.5, 0.6) is 0 Å². The number of allylic oxidation sites excluding steroid dienone is 2. The summed E-state index contributed by atoms with van der Waals surface area (Å²) in [5, 5.41) is 0. The number of rotatable bonds is 4. The quantitative estimate of drug-likeness (QED) is 0.572. The van der Waals surface area contributed by atoms with Crippen molar-refractivity contribution in [3.05, 3.63) is 71.9 Å². The number of nitrogens with zero attached hydrogens (tertiary/aromatic N) is 2. The summed E-state index contributed by atoms with van der Waals surface area (Å²) < 4.78 is 3.67. The van der Waals surface area contributed by atoms with Crippen molar-refractivity contribution in [3.8, 4) is 0 Å². The van der Waals surface area contributed by atoms with Gasteiger partial charge in [0.1, 0.15) is 0 Å². The fraction of sp³-hybridized carbons (Fsp3) is 0.391. The fourth-order valence-corrected chi connectivity index (χ4v) is 10.8. The van der Waals surface area contributed by atoms with E-state index >= 15 is 0 Å². The number of para-hydroxylation sites is 2. The largest absolute Gasteiger partial charge is 1.00 e. The average molecular weight is 481 g/mol. The first-order valence-corrected chi connectivity index (χ1v) is 14.5. The van der Waals surface area contributed by atoms with Crippen LogP contribution >= 0.6 is 0 Å². The van der Waals surface area contributed by atoms with Crippen LogP contribution in [0.15, 0.2) is 66.4 Å². The van der Waals surface area contributed by atoms with Gasteiger partial charge in [0.2, 0.25) is 0 Å². The monoisotopic (exact) mass is 480 g/mol. The standard InChI is InChI=1S/C17H14N.C6H16NSi.2ClH.Ti/c1-2-7-13(8-3-1)18-16-11-5-4-9-14(16)15-10-6-12-17(15)18;1-6(2,3)7-8(4)5;;;/h1-9,11-12,15H,10H2;8H,1-5H3;2*1H;/q;-1;;;+3/p-2. The zero-order valence-electron chi connectivity index (χ0n) is 17.9. The second-order valence-corrected chi connectivity index (χ2v) is 14.8. The van der Waals surface area contributed by atoms with E-state index in [-0.39, 0.29) is 44.2 Å². The van der Waals surface area contributed by atoms with Crippen LogP contribution < -0.4 is 29.7 Å². The molecule has 2 aliphatic rings. The minimum atomic E-state index is -0.795. The van der Waals surface area contributed by atoms with Crippen LogP contribution in [-0.4, -0.2) is 17.5 Å². The van der Waals surface area contributed by atoms with E-state index in [0.717, 1.165) is 4.22 Å². The maximum atomic E-state index is 2.91. The van der Waals surface area contributed by atoms with Gasteiger partial charge in [0, 0.05) is 0 Å². The van der Waals surface area contributed by atoms with Gasteiger partial charge in [-0.15, -0.1) is 0 Å². The number of fused-ring (bicyclic) bond motifs is 3. The third-order valence-electron chi connectivity index (χ3n) is 5.59. The summed E-state index contributed by atoms with van der Waals surface area (Å²) in [7, 11) is -0.795. The van der Waals surface area contributed by atoms with Gasteiger partial charge in [-0.3, -0.25) is 0 Å². The molecule has 2 aromatic rings. The zero-order valence-corrected chi connectivity index (χ0v) is 22.1. The van der Waals surface area contributed by atoms with Gasteiger partial charge in [0.05, 0.1) is 0 Å². The van der Waals surface area contributed by atoms with Crippen molar-refractivity contribution in [3.63, 3.8) is 0 Å². The van der Waals surface area contributed by atoms with Gasteiger partial charge in [0.25, 0.3) is 0 Å². The predicted molar refractivity (Wildman–Crippen MR) is 115 cm³/mol. The van der Waals surface area contributed by atoms with Crippen LogP contribution in [0.25, 0.3) is 0 Å². The van der Waals surface area contributed by atoms with Gasteiger partial charge in [-0.1, -0.05) is 0 Å². The Morgan fingerprint density at radius 1 is 0.966 bits per heavy atom. The molecule has 1 heterocycles. The number of hydrogen-bond acceptors (Lipinski definition) is 2. The van der Waals surface area contributed by atoms with Crippen LogP contribution in [0.1, 0.15) is 38.7 Å². The van der Waals surface area contributed by atoms with E-state index in [0.29, 0.717) is 11.5 Å². The second-order valence-electron chi connectivity index (χ2n) is 8.98. The molecule has 2 unspecified atom stereocenters. The molecular formula is C23H30Cl2N2SiTi. The van der Waals surface area contributed by atoms with Crippen molar-refractivity contribution < 1.29 is 44.2 Å². The van der Waals surface area contributed by atoms with E-state index in [1.165, 1.54) is 29.1 Å². The molecule has 0 radical (unpaired) electrons. The molecule has 1 aliphatic carbocycles.